The molecule has 0 aliphatic heterocycles. The van der Waals surface area contributed by atoms with E-state index in [4.69, 9.17) is 27.9 Å². The van der Waals surface area contributed by atoms with E-state index in [9.17, 15) is 9.90 Å². The van der Waals surface area contributed by atoms with Crippen molar-refractivity contribution in [2.45, 2.75) is 56.9 Å². The molecule has 5 rings (SSSR count). The maximum Gasteiger partial charge on any atom is 0.220 e. The first-order chi connectivity index (χ1) is 12.9. The first-order valence-electron chi connectivity index (χ1n) is 9.91. The van der Waals surface area contributed by atoms with Crippen LogP contribution in [0.5, 0.6) is 5.75 Å². The van der Waals surface area contributed by atoms with Crippen LogP contribution in [0.15, 0.2) is 18.2 Å². The molecule has 6 heteroatoms. The van der Waals surface area contributed by atoms with E-state index in [0.29, 0.717) is 47.1 Å². The highest BCUT2D eigenvalue weighted by molar-refractivity contribution is 6.35. The first-order valence-corrected chi connectivity index (χ1v) is 10.7. The molecule has 27 heavy (non-hydrogen) atoms. The molecule has 1 aromatic carbocycles. The number of hydrogen-bond donors (Lipinski definition) is 2. The number of rotatable bonds is 7. The van der Waals surface area contributed by atoms with Gasteiger partial charge in [-0.15, -0.1) is 0 Å². The van der Waals surface area contributed by atoms with Gasteiger partial charge in [0.25, 0.3) is 0 Å². The lowest BCUT2D eigenvalue weighted by molar-refractivity contribution is -0.135. The molecule has 4 saturated carbocycles. The summed E-state index contributed by atoms with van der Waals surface area (Å²) in [7, 11) is 0. The van der Waals surface area contributed by atoms with E-state index in [0.717, 1.165) is 32.1 Å². The lowest BCUT2D eigenvalue weighted by Gasteiger charge is -2.61. The summed E-state index contributed by atoms with van der Waals surface area (Å²) in [5.41, 5.74) is -0.0456. The third-order valence-corrected chi connectivity index (χ3v) is 7.15. The molecule has 0 aromatic heterocycles. The van der Waals surface area contributed by atoms with Gasteiger partial charge in [0.05, 0.1) is 11.6 Å². The predicted octanol–water partition coefficient (Wildman–Crippen LogP) is 4.60. The van der Waals surface area contributed by atoms with Crippen molar-refractivity contribution in [1.29, 1.82) is 0 Å². The molecule has 148 valence electrons. The topological polar surface area (TPSA) is 58.6 Å². The Morgan fingerprint density at radius 3 is 2.63 bits per heavy atom. The minimum atomic E-state index is -0.0930. The van der Waals surface area contributed by atoms with E-state index in [1.807, 2.05) is 0 Å². The van der Waals surface area contributed by atoms with Gasteiger partial charge in [-0.2, -0.15) is 0 Å². The molecule has 2 N–H and O–H groups in total. The Morgan fingerprint density at radius 1 is 1.22 bits per heavy atom. The predicted molar refractivity (Wildman–Crippen MR) is 106 cm³/mol. The molecule has 4 fully saturated rings. The number of carbonyl (C=O) groups is 1. The van der Waals surface area contributed by atoms with Gasteiger partial charge in [-0.05, 0) is 80.4 Å². The fourth-order valence-corrected chi connectivity index (χ4v) is 6.61. The third kappa shape index (κ3) is 4.08. The van der Waals surface area contributed by atoms with Gasteiger partial charge in [0.1, 0.15) is 5.75 Å². The molecule has 1 amide bonds. The summed E-state index contributed by atoms with van der Waals surface area (Å²) < 4.78 is 5.67. The van der Waals surface area contributed by atoms with Crippen LogP contribution in [0.2, 0.25) is 10.0 Å². The third-order valence-electron chi connectivity index (χ3n) is 6.62. The van der Waals surface area contributed by atoms with Gasteiger partial charge < -0.3 is 15.2 Å². The summed E-state index contributed by atoms with van der Waals surface area (Å²) in [5, 5.41) is 14.4. The normalized spacial score (nSPS) is 33.9. The van der Waals surface area contributed by atoms with Crippen LogP contribution in [0.4, 0.5) is 0 Å². The lowest BCUT2D eigenvalue weighted by atomic mass is 9.47. The van der Waals surface area contributed by atoms with Gasteiger partial charge in [0.15, 0.2) is 0 Å². The van der Waals surface area contributed by atoms with Gasteiger partial charge in [-0.25, -0.2) is 0 Å². The monoisotopic (exact) mass is 411 g/mol. The number of ether oxygens (including phenoxy) is 1. The van der Waals surface area contributed by atoms with Crippen LogP contribution in [-0.4, -0.2) is 29.8 Å². The summed E-state index contributed by atoms with van der Waals surface area (Å²) in [5.74, 6) is 2.01. The van der Waals surface area contributed by atoms with Crippen molar-refractivity contribution in [3.8, 4) is 5.75 Å². The summed E-state index contributed by atoms with van der Waals surface area (Å²) in [6, 6.07) is 5.13. The van der Waals surface area contributed by atoms with Gasteiger partial charge >= 0.3 is 0 Å². The molecule has 2 unspecified atom stereocenters. The van der Waals surface area contributed by atoms with Crippen molar-refractivity contribution in [2.75, 3.05) is 13.2 Å². The maximum absolute atomic E-state index is 12.6. The molecule has 4 nitrogen and oxygen atoms in total. The quantitative estimate of drug-likeness (QED) is 0.644. The van der Waals surface area contributed by atoms with Gasteiger partial charge in [-0.3, -0.25) is 4.79 Å². The summed E-state index contributed by atoms with van der Waals surface area (Å²) >= 11 is 12.0. The van der Waals surface area contributed by atoms with Crippen molar-refractivity contribution in [1.82, 2.24) is 5.32 Å². The van der Waals surface area contributed by atoms with E-state index < -0.39 is 0 Å². The number of aliphatic hydroxyl groups is 1. The molecule has 0 heterocycles. The fourth-order valence-electron chi connectivity index (χ4n) is 6.15. The number of amides is 1. The standard InChI is InChI=1S/C21H27Cl2NO3/c22-16-3-4-18(17(23)7-16)27-5-1-2-19(26)24-21-10-14-6-15(11-21)9-20(8-14,12-21)13-25/h3-4,7,14-15,25H,1-2,5-6,8-13H2,(H,24,26). The van der Waals surface area contributed by atoms with Crippen molar-refractivity contribution >= 4 is 29.1 Å². The van der Waals surface area contributed by atoms with Crippen LogP contribution in [0, 0.1) is 17.3 Å². The molecular weight excluding hydrogens is 385 g/mol. The molecule has 4 bridgehead atoms. The van der Waals surface area contributed by atoms with Crippen LogP contribution in [0.25, 0.3) is 0 Å². The van der Waals surface area contributed by atoms with E-state index in [1.165, 1.54) is 6.42 Å². The maximum atomic E-state index is 12.6. The number of halogens is 2. The number of nitrogens with one attached hydrogen (secondary N) is 1. The molecular formula is C21H27Cl2NO3. The number of benzene rings is 1. The van der Waals surface area contributed by atoms with E-state index >= 15 is 0 Å². The second-order valence-electron chi connectivity index (χ2n) is 8.97. The van der Waals surface area contributed by atoms with Crippen LogP contribution >= 0.6 is 23.2 Å². The van der Waals surface area contributed by atoms with E-state index in [2.05, 4.69) is 5.32 Å². The molecule has 4 aliphatic rings. The molecule has 4 aliphatic carbocycles. The van der Waals surface area contributed by atoms with E-state index in [1.54, 1.807) is 18.2 Å². The summed E-state index contributed by atoms with van der Waals surface area (Å²) in [6.45, 7) is 0.695. The van der Waals surface area contributed by atoms with Crippen LogP contribution < -0.4 is 10.1 Å². The Bertz CT molecular complexity index is 709. The molecule has 0 radical (unpaired) electrons. The zero-order chi connectivity index (χ0) is 19.1. The highest BCUT2D eigenvalue weighted by Gasteiger charge is 2.57. The van der Waals surface area contributed by atoms with Crippen LogP contribution in [0.3, 0.4) is 0 Å². The second kappa shape index (κ2) is 7.46. The van der Waals surface area contributed by atoms with Gasteiger partial charge in [-0.1, -0.05) is 23.2 Å². The van der Waals surface area contributed by atoms with Crippen molar-refractivity contribution in [2.24, 2.45) is 17.3 Å². The Morgan fingerprint density at radius 2 is 1.96 bits per heavy atom. The second-order valence-corrected chi connectivity index (χ2v) is 9.82. The van der Waals surface area contributed by atoms with E-state index in [-0.39, 0.29) is 23.5 Å². The Balaban J connectivity index is 1.27. The molecule has 1 aromatic rings. The smallest absolute Gasteiger partial charge is 0.220 e. The zero-order valence-corrected chi connectivity index (χ0v) is 17.0. The van der Waals surface area contributed by atoms with Crippen molar-refractivity contribution in [3.05, 3.63) is 28.2 Å². The Labute approximate surface area is 170 Å². The highest BCUT2D eigenvalue weighted by atomic mass is 35.5. The Kier molecular flexibility index (Phi) is 5.34. The average Bonchev–Trinajstić information content (AvgIpc) is 2.58. The van der Waals surface area contributed by atoms with Crippen molar-refractivity contribution < 1.29 is 14.6 Å². The number of hydrogen-bond acceptors (Lipinski definition) is 3. The van der Waals surface area contributed by atoms with Gasteiger partial charge in [0, 0.05) is 23.6 Å². The fraction of sp³-hybridized carbons (Fsp3) is 0.667. The first kappa shape index (κ1) is 19.4. The SMILES string of the molecule is O=C(CCCOc1ccc(Cl)cc1Cl)NC12CC3CC(CC(CO)(C3)C1)C2. The summed E-state index contributed by atoms with van der Waals surface area (Å²) in [4.78, 5) is 12.6. The number of carbonyl (C=O) groups excluding carboxylic acids is 1. The number of aliphatic hydroxyl groups excluding tert-OH is 1. The minimum Gasteiger partial charge on any atom is -0.492 e. The largest absolute Gasteiger partial charge is 0.492 e. The molecule has 0 saturated heterocycles. The lowest BCUT2D eigenvalue weighted by Crippen LogP contribution is -2.63. The summed E-state index contributed by atoms with van der Waals surface area (Å²) in [6.07, 6.45) is 7.71. The average molecular weight is 412 g/mol. The van der Waals surface area contributed by atoms with Crippen molar-refractivity contribution in [3.63, 3.8) is 0 Å². The highest BCUT2D eigenvalue weighted by Crippen LogP contribution is 2.61. The minimum absolute atomic E-state index is 0.0474. The Hall–Kier alpha value is -0.970. The molecule has 2 atom stereocenters. The van der Waals surface area contributed by atoms with Crippen LogP contribution in [-0.2, 0) is 4.79 Å². The zero-order valence-electron chi connectivity index (χ0n) is 15.5. The van der Waals surface area contributed by atoms with Gasteiger partial charge in [0.2, 0.25) is 5.91 Å². The van der Waals surface area contributed by atoms with Crippen LogP contribution in [0.1, 0.15) is 51.4 Å². The molecule has 0 spiro atoms.